The van der Waals surface area contributed by atoms with Gasteiger partial charge in [-0.05, 0) is 24.1 Å². The van der Waals surface area contributed by atoms with Gasteiger partial charge in [0.05, 0.1) is 29.2 Å². The highest BCUT2D eigenvalue weighted by Crippen LogP contribution is 2.32. The second-order valence-corrected chi connectivity index (χ2v) is 5.58. The highest BCUT2D eigenvalue weighted by atomic mass is 19.1. The van der Waals surface area contributed by atoms with Gasteiger partial charge in [-0.3, -0.25) is 0 Å². The maximum absolute atomic E-state index is 14.6. The second kappa shape index (κ2) is 5.81. The van der Waals surface area contributed by atoms with E-state index >= 15 is 0 Å². The summed E-state index contributed by atoms with van der Waals surface area (Å²) in [6.45, 7) is 1.92. The number of anilines is 3. The summed E-state index contributed by atoms with van der Waals surface area (Å²) in [6.07, 6.45) is 2.25. The molecule has 122 valence electrons. The van der Waals surface area contributed by atoms with E-state index in [4.69, 9.17) is 11.0 Å². The van der Waals surface area contributed by atoms with Crippen LogP contribution in [-0.2, 0) is 13.5 Å². The van der Waals surface area contributed by atoms with Crippen LogP contribution in [0.4, 0.5) is 21.7 Å². The topological polar surface area (TPSA) is 83.8 Å². The van der Waals surface area contributed by atoms with Gasteiger partial charge in [-0.2, -0.15) is 5.26 Å². The molecule has 1 aromatic carbocycles. The summed E-state index contributed by atoms with van der Waals surface area (Å²) < 4.78 is 16.4. The molecule has 0 saturated heterocycles. The molecule has 24 heavy (non-hydrogen) atoms. The number of nitrogens with zero attached hydrogens (tertiary/aromatic N) is 5. The molecule has 2 aromatic heterocycles. The van der Waals surface area contributed by atoms with E-state index in [9.17, 15) is 4.39 Å². The fraction of sp³-hybridized carbons (Fsp3) is 0.235. The van der Waals surface area contributed by atoms with E-state index in [0.717, 1.165) is 11.1 Å². The number of aryl methyl sites for hydroxylation is 2. The predicted molar refractivity (Wildman–Crippen MR) is 91.5 cm³/mol. The van der Waals surface area contributed by atoms with Crippen LogP contribution in [0.15, 0.2) is 24.5 Å². The van der Waals surface area contributed by atoms with Crippen LogP contribution in [0.1, 0.15) is 18.1 Å². The summed E-state index contributed by atoms with van der Waals surface area (Å²) in [5, 5.41) is 9.02. The number of nitrogens with two attached hydrogens (primary N) is 1. The van der Waals surface area contributed by atoms with Crippen molar-refractivity contribution in [3.8, 4) is 6.07 Å². The SMILES string of the molecule is CCc1cc(C#N)cc(F)c1N(C)c1cc2c(ncn2C)c(N)n1. The smallest absolute Gasteiger partial charge is 0.154 e. The van der Waals surface area contributed by atoms with Crippen LogP contribution in [-0.4, -0.2) is 21.6 Å². The zero-order valence-corrected chi connectivity index (χ0v) is 13.7. The zero-order valence-electron chi connectivity index (χ0n) is 13.7. The summed E-state index contributed by atoms with van der Waals surface area (Å²) in [6, 6.07) is 6.72. The first-order valence-corrected chi connectivity index (χ1v) is 7.50. The van der Waals surface area contributed by atoms with Gasteiger partial charge in [0, 0.05) is 20.2 Å². The number of hydrogen-bond acceptors (Lipinski definition) is 5. The molecular formula is C17H17FN6. The van der Waals surface area contributed by atoms with Crippen molar-refractivity contribution >= 4 is 28.4 Å². The molecule has 2 heterocycles. The van der Waals surface area contributed by atoms with E-state index in [1.165, 1.54) is 6.07 Å². The molecule has 0 unspecified atom stereocenters. The number of nitrogen functional groups attached to an aromatic ring is 1. The van der Waals surface area contributed by atoms with Gasteiger partial charge in [-0.1, -0.05) is 6.92 Å². The third-order valence-electron chi connectivity index (χ3n) is 4.06. The molecule has 0 aliphatic rings. The number of aromatic nitrogens is 3. The van der Waals surface area contributed by atoms with Gasteiger partial charge in [0.2, 0.25) is 0 Å². The summed E-state index contributed by atoms with van der Waals surface area (Å²) >= 11 is 0. The molecule has 2 N–H and O–H groups in total. The van der Waals surface area contributed by atoms with Gasteiger partial charge in [0.15, 0.2) is 5.82 Å². The summed E-state index contributed by atoms with van der Waals surface area (Å²) in [5.74, 6) is 0.350. The number of fused-ring (bicyclic) bond motifs is 1. The average molecular weight is 324 g/mol. The molecule has 0 fully saturated rings. The largest absolute Gasteiger partial charge is 0.382 e. The molecule has 0 atom stereocenters. The van der Waals surface area contributed by atoms with Crippen molar-refractivity contribution in [2.45, 2.75) is 13.3 Å². The number of imidazole rings is 1. The van der Waals surface area contributed by atoms with Crippen molar-refractivity contribution in [2.24, 2.45) is 7.05 Å². The number of nitriles is 1. The molecule has 0 amide bonds. The summed E-state index contributed by atoms with van der Waals surface area (Å²) in [5.41, 5.74) is 8.85. The number of pyridine rings is 1. The number of rotatable bonds is 3. The van der Waals surface area contributed by atoms with E-state index in [-0.39, 0.29) is 0 Å². The van der Waals surface area contributed by atoms with Crippen LogP contribution < -0.4 is 10.6 Å². The Bertz CT molecular complexity index is 969. The molecule has 0 radical (unpaired) electrons. The van der Waals surface area contributed by atoms with Gasteiger partial charge in [0.1, 0.15) is 17.2 Å². The quantitative estimate of drug-likeness (QED) is 0.801. The Labute approximate surface area is 139 Å². The lowest BCUT2D eigenvalue weighted by Crippen LogP contribution is -2.16. The van der Waals surface area contributed by atoms with E-state index < -0.39 is 5.82 Å². The zero-order chi connectivity index (χ0) is 17.4. The maximum Gasteiger partial charge on any atom is 0.154 e. The van der Waals surface area contributed by atoms with Crippen molar-refractivity contribution < 1.29 is 4.39 Å². The minimum atomic E-state index is -0.459. The third kappa shape index (κ3) is 2.42. The van der Waals surface area contributed by atoms with E-state index in [1.807, 2.05) is 30.7 Å². The first kappa shape index (κ1) is 15.7. The highest BCUT2D eigenvalue weighted by molar-refractivity contribution is 5.88. The molecule has 0 spiro atoms. The molecule has 7 heteroatoms. The minimum absolute atomic E-state index is 0.294. The third-order valence-corrected chi connectivity index (χ3v) is 4.06. The Hall–Kier alpha value is -3.14. The van der Waals surface area contributed by atoms with Gasteiger partial charge in [-0.25, -0.2) is 14.4 Å². The molecule has 0 aliphatic carbocycles. The average Bonchev–Trinajstić information content (AvgIpc) is 2.95. The second-order valence-electron chi connectivity index (χ2n) is 5.58. The molecular weight excluding hydrogens is 307 g/mol. The number of halogens is 1. The predicted octanol–water partition coefficient (Wildman–Crippen LogP) is 2.89. The number of hydrogen-bond donors (Lipinski definition) is 1. The lowest BCUT2D eigenvalue weighted by atomic mass is 10.1. The molecule has 0 aliphatic heterocycles. The van der Waals surface area contributed by atoms with E-state index in [1.54, 1.807) is 24.3 Å². The van der Waals surface area contributed by atoms with Gasteiger partial charge < -0.3 is 15.2 Å². The van der Waals surface area contributed by atoms with Crippen LogP contribution in [0, 0.1) is 17.1 Å². The Morgan fingerprint density at radius 3 is 2.79 bits per heavy atom. The van der Waals surface area contributed by atoms with Crippen LogP contribution in [0.3, 0.4) is 0 Å². The monoisotopic (exact) mass is 324 g/mol. The van der Waals surface area contributed by atoms with Crippen molar-refractivity contribution in [1.29, 1.82) is 5.26 Å². The maximum atomic E-state index is 14.6. The van der Waals surface area contributed by atoms with Crippen LogP contribution in [0.2, 0.25) is 0 Å². The van der Waals surface area contributed by atoms with Gasteiger partial charge in [0.25, 0.3) is 0 Å². The lowest BCUT2D eigenvalue weighted by molar-refractivity contribution is 0.624. The molecule has 3 rings (SSSR count). The van der Waals surface area contributed by atoms with Crippen LogP contribution in [0.25, 0.3) is 11.0 Å². The van der Waals surface area contributed by atoms with Crippen molar-refractivity contribution in [3.05, 3.63) is 41.5 Å². The first-order chi connectivity index (χ1) is 11.5. The van der Waals surface area contributed by atoms with Crippen LogP contribution in [0.5, 0.6) is 0 Å². The molecule has 3 aromatic rings. The lowest BCUT2D eigenvalue weighted by Gasteiger charge is -2.22. The van der Waals surface area contributed by atoms with Crippen LogP contribution >= 0.6 is 0 Å². The minimum Gasteiger partial charge on any atom is -0.382 e. The Balaban J connectivity index is 2.18. The Morgan fingerprint density at radius 1 is 1.38 bits per heavy atom. The normalized spacial score (nSPS) is 10.8. The van der Waals surface area contributed by atoms with Crippen molar-refractivity contribution in [1.82, 2.24) is 14.5 Å². The summed E-state index contributed by atoms with van der Waals surface area (Å²) in [7, 11) is 3.59. The molecule has 6 nitrogen and oxygen atoms in total. The standard InChI is InChI=1S/C17H17FN6/c1-4-11-5-10(8-19)6-12(18)16(11)24(3)14-7-13-15(17(20)22-14)21-9-23(13)2/h5-7,9H,4H2,1-3H3,(H2,20,22). The fourth-order valence-electron chi connectivity index (χ4n) is 2.79. The van der Waals surface area contributed by atoms with Gasteiger partial charge >= 0.3 is 0 Å². The first-order valence-electron chi connectivity index (χ1n) is 7.50. The van der Waals surface area contributed by atoms with Crippen molar-refractivity contribution in [2.75, 3.05) is 17.7 Å². The summed E-state index contributed by atoms with van der Waals surface area (Å²) in [4.78, 5) is 10.2. The Morgan fingerprint density at radius 2 is 2.12 bits per heavy atom. The van der Waals surface area contributed by atoms with Gasteiger partial charge in [-0.15, -0.1) is 0 Å². The van der Waals surface area contributed by atoms with E-state index in [2.05, 4.69) is 9.97 Å². The molecule has 0 saturated carbocycles. The fourth-order valence-corrected chi connectivity index (χ4v) is 2.79. The van der Waals surface area contributed by atoms with Crippen molar-refractivity contribution in [3.63, 3.8) is 0 Å². The molecule has 0 bridgehead atoms. The Kier molecular flexibility index (Phi) is 3.81. The van der Waals surface area contributed by atoms with E-state index in [0.29, 0.717) is 34.8 Å². The number of benzene rings is 1. The highest BCUT2D eigenvalue weighted by Gasteiger charge is 2.18.